The highest BCUT2D eigenvalue weighted by atomic mass is 32.2. The zero-order chi connectivity index (χ0) is 15.5. The number of methoxy groups -OCH3 is 1. The van der Waals surface area contributed by atoms with Crippen LogP contribution >= 0.6 is 0 Å². The number of carbonyl (C=O) groups is 1. The van der Waals surface area contributed by atoms with Crippen LogP contribution in [0.1, 0.15) is 16.4 Å². The SMILES string of the molecule is COC(=O)C(c1ccccc1)S(=O)(=O)c1ccc(C)cc1. The van der Waals surface area contributed by atoms with Crippen molar-refractivity contribution in [1.82, 2.24) is 0 Å². The molecule has 0 N–H and O–H groups in total. The lowest BCUT2D eigenvalue weighted by Gasteiger charge is -2.16. The molecule has 0 aliphatic rings. The van der Waals surface area contributed by atoms with Gasteiger partial charge >= 0.3 is 5.97 Å². The summed E-state index contributed by atoms with van der Waals surface area (Å²) in [4.78, 5) is 12.1. The van der Waals surface area contributed by atoms with Crippen LogP contribution in [0.2, 0.25) is 0 Å². The molecular formula is C16H16O4S. The highest BCUT2D eigenvalue weighted by molar-refractivity contribution is 7.92. The van der Waals surface area contributed by atoms with E-state index < -0.39 is 21.1 Å². The van der Waals surface area contributed by atoms with Gasteiger partial charge in [0.15, 0.2) is 15.1 Å². The van der Waals surface area contributed by atoms with E-state index in [2.05, 4.69) is 4.74 Å². The molecule has 5 heteroatoms. The Morgan fingerprint density at radius 1 is 1.00 bits per heavy atom. The van der Waals surface area contributed by atoms with Crippen molar-refractivity contribution in [3.05, 3.63) is 65.7 Å². The molecule has 0 aliphatic heterocycles. The summed E-state index contributed by atoms with van der Waals surface area (Å²) in [5.41, 5.74) is 1.34. The Morgan fingerprint density at radius 3 is 2.10 bits per heavy atom. The second-order valence-electron chi connectivity index (χ2n) is 4.67. The van der Waals surface area contributed by atoms with Crippen LogP contribution in [0.15, 0.2) is 59.5 Å². The third-order valence-corrected chi connectivity index (χ3v) is 5.19. The first kappa shape index (κ1) is 15.3. The maximum Gasteiger partial charge on any atom is 0.329 e. The number of sulfone groups is 1. The van der Waals surface area contributed by atoms with Gasteiger partial charge in [-0.2, -0.15) is 0 Å². The van der Waals surface area contributed by atoms with Crippen molar-refractivity contribution in [2.45, 2.75) is 17.1 Å². The number of rotatable bonds is 4. The van der Waals surface area contributed by atoms with E-state index in [0.29, 0.717) is 5.56 Å². The van der Waals surface area contributed by atoms with Gasteiger partial charge in [0.05, 0.1) is 12.0 Å². The number of carbonyl (C=O) groups excluding carboxylic acids is 1. The second-order valence-corrected chi connectivity index (χ2v) is 6.70. The number of aryl methyl sites for hydroxylation is 1. The van der Waals surface area contributed by atoms with Gasteiger partial charge in [0.25, 0.3) is 0 Å². The Bertz CT molecular complexity index is 719. The first-order valence-electron chi connectivity index (χ1n) is 6.40. The number of ether oxygens (including phenoxy) is 1. The fraction of sp³-hybridized carbons (Fsp3) is 0.188. The van der Waals surface area contributed by atoms with Crippen molar-refractivity contribution < 1.29 is 17.9 Å². The minimum absolute atomic E-state index is 0.104. The summed E-state index contributed by atoms with van der Waals surface area (Å²) in [5, 5.41) is -1.36. The number of hydrogen-bond acceptors (Lipinski definition) is 4. The Morgan fingerprint density at radius 2 is 1.57 bits per heavy atom. The molecule has 0 spiro atoms. The molecule has 0 fully saturated rings. The molecule has 2 aromatic rings. The van der Waals surface area contributed by atoms with Crippen molar-refractivity contribution >= 4 is 15.8 Å². The van der Waals surface area contributed by atoms with Crippen molar-refractivity contribution in [1.29, 1.82) is 0 Å². The molecule has 21 heavy (non-hydrogen) atoms. The molecule has 0 radical (unpaired) electrons. The van der Waals surface area contributed by atoms with Crippen molar-refractivity contribution in [3.63, 3.8) is 0 Å². The number of benzene rings is 2. The van der Waals surface area contributed by atoms with Crippen molar-refractivity contribution in [2.75, 3.05) is 7.11 Å². The molecule has 110 valence electrons. The fourth-order valence-corrected chi connectivity index (χ4v) is 3.69. The summed E-state index contributed by atoms with van der Waals surface area (Å²) >= 11 is 0. The van der Waals surface area contributed by atoms with Crippen LogP contribution in [0.4, 0.5) is 0 Å². The highest BCUT2D eigenvalue weighted by Crippen LogP contribution is 2.30. The Kier molecular flexibility index (Phi) is 4.43. The van der Waals surface area contributed by atoms with Crippen LogP contribution in [-0.2, 0) is 19.4 Å². The summed E-state index contributed by atoms with van der Waals surface area (Å²) in [6.07, 6.45) is 0. The van der Waals surface area contributed by atoms with E-state index in [1.54, 1.807) is 42.5 Å². The minimum Gasteiger partial charge on any atom is -0.468 e. The summed E-state index contributed by atoms with van der Waals surface area (Å²) < 4.78 is 30.2. The van der Waals surface area contributed by atoms with Crippen LogP contribution in [0.3, 0.4) is 0 Å². The molecule has 0 aromatic heterocycles. The normalized spacial score (nSPS) is 12.7. The molecule has 0 saturated carbocycles. The lowest BCUT2D eigenvalue weighted by atomic mass is 10.1. The van der Waals surface area contributed by atoms with Gasteiger partial charge in [0.2, 0.25) is 0 Å². The summed E-state index contributed by atoms with van der Waals surface area (Å²) in [5.74, 6) is -0.790. The summed E-state index contributed by atoms with van der Waals surface area (Å²) in [7, 11) is -2.67. The first-order chi connectivity index (χ1) is 9.96. The maximum atomic E-state index is 12.7. The van der Waals surface area contributed by atoms with Gasteiger partial charge in [-0.05, 0) is 24.6 Å². The lowest BCUT2D eigenvalue weighted by Crippen LogP contribution is -2.23. The van der Waals surface area contributed by atoms with Gasteiger partial charge in [-0.1, -0.05) is 48.0 Å². The Hall–Kier alpha value is -2.14. The van der Waals surface area contributed by atoms with Gasteiger partial charge in [-0.15, -0.1) is 0 Å². The highest BCUT2D eigenvalue weighted by Gasteiger charge is 2.36. The third kappa shape index (κ3) is 3.13. The predicted octanol–water partition coefficient (Wildman–Crippen LogP) is 2.68. The average molecular weight is 304 g/mol. The zero-order valence-electron chi connectivity index (χ0n) is 11.8. The molecular weight excluding hydrogens is 288 g/mol. The van der Waals surface area contributed by atoms with E-state index in [1.165, 1.54) is 19.2 Å². The third-order valence-electron chi connectivity index (χ3n) is 3.18. The Labute approximate surface area is 124 Å². The van der Waals surface area contributed by atoms with Gasteiger partial charge < -0.3 is 4.74 Å². The predicted molar refractivity (Wildman–Crippen MR) is 79.6 cm³/mol. The van der Waals surface area contributed by atoms with Crippen molar-refractivity contribution in [3.8, 4) is 0 Å². The molecule has 0 aliphatic carbocycles. The molecule has 1 unspecified atom stereocenters. The van der Waals surface area contributed by atoms with Gasteiger partial charge in [-0.25, -0.2) is 8.42 Å². The molecule has 2 rings (SSSR count). The molecule has 4 nitrogen and oxygen atoms in total. The Balaban J connectivity index is 2.55. The average Bonchev–Trinajstić information content (AvgIpc) is 2.48. The summed E-state index contributed by atoms with van der Waals surface area (Å²) in [6.45, 7) is 1.87. The van der Waals surface area contributed by atoms with Crippen LogP contribution in [0.25, 0.3) is 0 Å². The van der Waals surface area contributed by atoms with E-state index in [-0.39, 0.29) is 4.90 Å². The van der Waals surface area contributed by atoms with Gasteiger partial charge in [-0.3, -0.25) is 4.79 Å². The van der Waals surface area contributed by atoms with E-state index in [9.17, 15) is 13.2 Å². The van der Waals surface area contributed by atoms with E-state index in [1.807, 2.05) is 6.92 Å². The van der Waals surface area contributed by atoms with Crippen LogP contribution in [0.5, 0.6) is 0 Å². The molecule has 0 amide bonds. The summed E-state index contributed by atoms with van der Waals surface area (Å²) in [6, 6.07) is 14.8. The molecule has 1 atom stereocenters. The maximum absolute atomic E-state index is 12.7. The molecule has 0 bridgehead atoms. The van der Waals surface area contributed by atoms with Gasteiger partial charge in [0, 0.05) is 0 Å². The van der Waals surface area contributed by atoms with Crippen LogP contribution in [0, 0.1) is 6.92 Å². The fourth-order valence-electron chi connectivity index (χ4n) is 2.04. The number of esters is 1. The molecule has 0 saturated heterocycles. The molecule has 2 aromatic carbocycles. The van der Waals surface area contributed by atoms with E-state index >= 15 is 0 Å². The zero-order valence-corrected chi connectivity index (χ0v) is 12.6. The standard InChI is InChI=1S/C16H16O4S/c1-12-8-10-14(11-9-12)21(18,19)15(16(17)20-2)13-6-4-3-5-7-13/h3-11,15H,1-2H3. The van der Waals surface area contributed by atoms with Crippen LogP contribution in [-0.4, -0.2) is 21.5 Å². The van der Waals surface area contributed by atoms with Gasteiger partial charge in [0.1, 0.15) is 0 Å². The second kappa shape index (κ2) is 6.10. The quantitative estimate of drug-likeness (QED) is 0.815. The first-order valence-corrected chi connectivity index (χ1v) is 7.95. The van der Waals surface area contributed by atoms with Crippen molar-refractivity contribution in [2.24, 2.45) is 0 Å². The van der Waals surface area contributed by atoms with E-state index in [0.717, 1.165) is 5.56 Å². The van der Waals surface area contributed by atoms with E-state index in [4.69, 9.17) is 0 Å². The smallest absolute Gasteiger partial charge is 0.329 e. The largest absolute Gasteiger partial charge is 0.468 e. The molecule has 0 heterocycles. The minimum atomic E-state index is -3.86. The lowest BCUT2D eigenvalue weighted by molar-refractivity contribution is -0.140. The van der Waals surface area contributed by atoms with Crippen LogP contribution < -0.4 is 0 Å². The monoisotopic (exact) mass is 304 g/mol. The number of hydrogen-bond donors (Lipinski definition) is 0. The topological polar surface area (TPSA) is 60.4 Å².